The second-order valence-corrected chi connectivity index (χ2v) is 5.22. The van der Waals surface area contributed by atoms with Crippen molar-refractivity contribution in [3.05, 3.63) is 64.9 Å². The van der Waals surface area contributed by atoms with Crippen LogP contribution in [0.25, 0.3) is 17.0 Å². The molecule has 1 aliphatic rings. The van der Waals surface area contributed by atoms with Crippen LogP contribution in [0.1, 0.15) is 32.4 Å². The van der Waals surface area contributed by atoms with Gasteiger partial charge in [0.25, 0.3) is 0 Å². The molecule has 0 atom stereocenters. The van der Waals surface area contributed by atoms with Crippen LogP contribution in [0.5, 0.6) is 0 Å². The lowest BCUT2D eigenvalue weighted by atomic mass is 10.0. The van der Waals surface area contributed by atoms with E-state index in [0.717, 1.165) is 34.5 Å². The number of nitrogens with zero attached hydrogens (tertiary/aromatic N) is 2. The number of aromatic nitrogens is 2. The lowest BCUT2D eigenvalue weighted by Crippen LogP contribution is -1.96. The van der Waals surface area contributed by atoms with Crippen molar-refractivity contribution in [2.24, 2.45) is 0 Å². The van der Waals surface area contributed by atoms with Crippen molar-refractivity contribution in [1.29, 1.82) is 0 Å². The lowest BCUT2D eigenvalue weighted by molar-refractivity contribution is 1.03. The molecule has 3 rings (SSSR count). The minimum atomic E-state index is 0.754. The summed E-state index contributed by atoms with van der Waals surface area (Å²) in [6, 6.07) is 12.0. The van der Waals surface area contributed by atoms with Gasteiger partial charge in [0.05, 0.1) is 5.69 Å². The molecule has 1 aromatic carbocycles. The summed E-state index contributed by atoms with van der Waals surface area (Å²) in [4.78, 5) is 9.12. The SMILES string of the molecule is Brc1cc(C2=CCCC=C2)nc(-c2ccccc2)n1.CC. The van der Waals surface area contributed by atoms with Gasteiger partial charge in [0.15, 0.2) is 5.82 Å². The molecule has 1 aromatic heterocycles. The molecule has 2 nitrogen and oxygen atoms in total. The van der Waals surface area contributed by atoms with E-state index in [1.54, 1.807) is 0 Å². The highest BCUT2D eigenvalue weighted by molar-refractivity contribution is 9.10. The van der Waals surface area contributed by atoms with E-state index in [0.29, 0.717) is 0 Å². The maximum atomic E-state index is 4.67. The molecule has 3 heteroatoms. The van der Waals surface area contributed by atoms with Gasteiger partial charge in [0.2, 0.25) is 0 Å². The first-order valence-corrected chi connectivity index (χ1v) is 8.09. The quantitative estimate of drug-likeness (QED) is 0.657. The number of allylic oxidation sites excluding steroid dienone is 4. The molecule has 0 fully saturated rings. The third kappa shape index (κ3) is 4.11. The standard InChI is InChI=1S/C16H13BrN2.C2H6/c17-15-11-14(12-7-3-1-4-8-12)18-16(19-15)13-9-5-2-6-10-13;1-2/h2-3,5-11H,1,4H2;1-2H3. The highest BCUT2D eigenvalue weighted by atomic mass is 79.9. The molecule has 0 unspecified atom stereocenters. The molecule has 0 aliphatic heterocycles. The van der Waals surface area contributed by atoms with Crippen LogP contribution < -0.4 is 0 Å². The first kappa shape index (κ1) is 15.6. The fourth-order valence-electron chi connectivity index (χ4n) is 2.09. The molecule has 0 amide bonds. The zero-order valence-electron chi connectivity index (χ0n) is 12.4. The molecule has 1 heterocycles. The van der Waals surface area contributed by atoms with E-state index in [4.69, 9.17) is 0 Å². The normalized spacial score (nSPS) is 13.2. The lowest BCUT2D eigenvalue weighted by Gasteiger charge is -2.09. The summed E-state index contributed by atoms with van der Waals surface area (Å²) >= 11 is 3.47. The van der Waals surface area contributed by atoms with Crippen molar-refractivity contribution in [3.63, 3.8) is 0 Å². The summed E-state index contributed by atoms with van der Waals surface area (Å²) in [7, 11) is 0. The fourth-order valence-corrected chi connectivity index (χ4v) is 2.47. The van der Waals surface area contributed by atoms with Gasteiger partial charge in [-0.25, -0.2) is 9.97 Å². The molecule has 0 radical (unpaired) electrons. The summed E-state index contributed by atoms with van der Waals surface area (Å²) in [5.41, 5.74) is 3.17. The topological polar surface area (TPSA) is 25.8 Å². The van der Waals surface area contributed by atoms with Gasteiger partial charge in [-0.2, -0.15) is 0 Å². The van der Waals surface area contributed by atoms with Gasteiger partial charge in [-0.15, -0.1) is 0 Å². The first-order chi connectivity index (χ1) is 10.3. The van der Waals surface area contributed by atoms with E-state index in [-0.39, 0.29) is 0 Å². The van der Waals surface area contributed by atoms with Gasteiger partial charge >= 0.3 is 0 Å². The smallest absolute Gasteiger partial charge is 0.161 e. The predicted molar refractivity (Wildman–Crippen MR) is 92.9 cm³/mol. The number of halogens is 1. The van der Waals surface area contributed by atoms with Crippen LogP contribution in [0.4, 0.5) is 0 Å². The zero-order chi connectivity index (χ0) is 15.1. The van der Waals surface area contributed by atoms with E-state index < -0.39 is 0 Å². The van der Waals surface area contributed by atoms with Gasteiger partial charge in [0.1, 0.15) is 4.60 Å². The molecule has 0 N–H and O–H groups in total. The second-order valence-electron chi connectivity index (χ2n) is 4.40. The van der Waals surface area contributed by atoms with Crippen molar-refractivity contribution < 1.29 is 0 Å². The monoisotopic (exact) mass is 342 g/mol. The Hall–Kier alpha value is -1.74. The summed E-state index contributed by atoms with van der Waals surface area (Å²) in [6.45, 7) is 4.00. The van der Waals surface area contributed by atoms with Gasteiger partial charge in [-0.3, -0.25) is 0 Å². The minimum absolute atomic E-state index is 0.754. The Bertz CT molecular complexity index is 646. The molecule has 21 heavy (non-hydrogen) atoms. The van der Waals surface area contributed by atoms with E-state index in [1.165, 1.54) is 5.57 Å². The molecular formula is C18H19BrN2. The fraction of sp³-hybridized carbons (Fsp3) is 0.222. The highest BCUT2D eigenvalue weighted by Crippen LogP contribution is 2.24. The van der Waals surface area contributed by atoms with Crippen molar-refractivity contribution >= 4 is 21.5 Å². The Kier molecular flexibility index (Phi) is 5.88. The summed E-state index contributed by atoms with van der Waals surface area (Å²) in [5.74, 6) is 0.754. The third-order valence-corrected chi connectivity index (χ3v) is 3.42. The van der Waals surface area contributed by atoms with Crippen LogP contribution in [-0.2, 0) is 0 Å². The zero-order valence-corrected chi connectivity index (χ0v) is 14.0. The molecule has 0 saturated heterocycles. The Morgan fingerprint density at radius 1 is 1.00 bits per heavy atom. The predicted octanol–water partition coefficient (Wildman–Crippen LogP) is 5.67. The van der Waals surface area contributed by atoms with E-state index in [2.05, 4.69) is 44.1 Å². The molecule has 2 aromatic rings. The van der Waals surface area contributed by atoms with Crippen LogP contribution in [0.15, 0.2) is 59.2 Å². The van der Waals surface area contributed by atoms with Crippen molar-refractivity contribution in [1.82, 2.24) is 9.97 Å². The Morgan fingerprint density at radius 3 is 2.43 bits per heavy atom. The van der Waals surface area contributed by atoms with Crippen LogP contribution in [0.2, 0.25) is 0 Å². The van der Waals surface area contributed by atoms with Crippen LogP contribution in [-0.4, -0.2) is 9.97 Å². The van der Waals surface area contributed by atoms with Crippen molar-refractivity contribution in [2.45, 2.75) is 26.7 Å². The van der Waals surface area contributed by atoms with Gasteiger partial charge < -0.3 is 0 Å². The molecular weight excluding hydrogens is 324 g/mol. The largest absolute Gasteiger partial charge is 0.228 e. The van der Waals surface area contributed by atoms with Crippen LogP contribution in [0, 0.1) is 0 Å². The average Bonchev–Trinajstić information content (AvgIpc) is 2.58. The number of hydrogen-bond acceptors (Lipinski definition) is 2. The second kappa shape index (κ2) is 7.89. The minimum Gasteiger partial charge on any atom is -0.228 e. The number of rotatable bonds is 2. The van der Waals surface area contributed by atoms with E-state index in [9.17, 15) is 0 Å². The summed E-state index contributed by atoms with van der Waals surface area (Å²) in [6.07, 6.45) is 8.74. The van der Waals surface area contributed by atoms with Crippen LogP contribution >= 0.6 is 15.9 Å². The third-order valence-electron chi connectivity index (χ3n) is 3.02. The van der Waals surface area contributed by atoms with Crippen molar-refractivity contribution in [3.8, 4) is 11.4 Å². The molecule has 0 spiro atoms. The Morgan fingerprint density at radius 2 is 1.76 bits per heavy atom. The number of hydrogen-bond donors (Lipinski definition) is 0. The first-order valence-electron chi connectivity index (χ1n) is 7.30. The maximum absolute atomic E-state index is 4.67. The summed E-state index contributed by atoms with van der Waals surface area (Å²) in [5, 5.41) is 0. The molecule has 108 valence electrons. The van der Waals surface area contributed by atoms with Crippen LogP contribution in [0.3, 0.4) is 0 Å². The maximum Gasteiger partial charge on any atom is 0.161 e. The highest BCUT2D eigenvalue weighted by Gasteiger charge is 2.08. The van der Waals surface area contributed by atoms with E-state index >= 15 is 0 Å². The molecule has 1 aliphatic carbocycles. The van der Waals surface area contributed by atoms with E-state index in [1.807, 2.05) is 50.2 Å². The molecule has 0 saturated carbocycles. The Labute approximate surface area is 134 Å². The average molecular weight is 343 g/mol. The summed E-state index contributed by atoms with van der Waals surface area (Å²) < 4.78 is 0.816. The number of benzene rings is 1. The Balaban J connectivity index is 0.000000774. The van der Waals surface area contributed by atoms with Gasteiger partial charge in [-0.05, 0) is 40.4 Å². The molecule has 0 bridgehead atoms. The van der Waals surface area contributed by atoms with Crippen molar-refractivity contribution in [2.75, 3.05) is 0 Å². The van der Waals surface area contributed by atoms with Gasteiger partial charge in [0, 0.05) is 5.56 Å². The van der Waals surface area contributed by atoms with Gasteiger partial charge in [-0.1, -0.05) is 62.4 Å².